The minimum atomic E-state index is 0.806. The van der Waals surface area contributed by atoms with E-state index < -0.39 is 0 Å². The maximum atomic E-state index is 6.13. The van der Waals surface area contributed by atoms with Gasteiger partial charge in [-0.25, -0.2) is 0 Å². The van der Waals surface area contributed by atoms with Gasteiger partial charge in [0.2, 0.25) is 0 Å². The first-order valence-corrected chi connectivity index (χ1v) is 16.2. The van der Waals surface area contributed by atoms with Gasteiger partial charge in [0.25, 0.3) is 0 Å². The standard InChI is InChI=1S/C45H30N2O/c1-2-6-31(7-3-1)33-12-19-39(20-13-33)47(40-21-14-34(15-22-40)37-11-10-32-8-4-5-9-36(32)28-37)41-23-16-35(17-24-41)38-18-25-42-43-26-27-46-30-45(43)48-44(42)29-38/h1-30H. The molecule has 3 heteroatoms. The predicted octanol–water partition coefficient (Wildman–Crippen LogP) is 12.6. The third kappa shape index (κ3) is 5.08. The van der Waals surface area contributed by atoms with Gasteiger partial charge in [-0.2, -0.15) is 0 Å². The van der Waals surface area contributed by atoms with Crippen LogP contribution in [-0.4, -0.2) is 4.98 Å². The van der Waals surface area contributed by atoms with Crippen LogP contribution in [0, 0.1) is 0 Å². The number of hydrogen-bond acceptors (Lipinski definition) is 3. The highest BCUT2D eigenvalue weighted by molar-refractivity contribution is 6.05. The first-order valence-electron chi connectivity index (χ1n) is 16.2. The van der Waals surface area contributed by atoms with Crippen molar-refractivity contribution in [2.75, 3.05) is 4.90 Å². The van der Waals surface area contributed by atoms with Gasteiger partial charge in [-0.1, -0.05) is 109 Å². The zero-order valence-electron chi connectivity index (χ0n) is 26.1. The zero-order chi connectivity index (χ0) is 31.9. The van der Waals surface area contributed by atoms with Crippen LogP contribution in [0.3, 0.4) is 0 Å². The third-order valence-corrected chi connectivity index (χ3v) is 9.18. The van der Waals surface area contributed by atoms with Crippen molar-refractivity contribution in [1.29, 1.82) is 0 Å². The molecule has 7 aromatic carbocycles. The van der Waals surface area contributed by atoms with Crippen molar-refractivity contribution in [1.82, 2.24) is 4.98 Å². The Morgan fingerprint density at radius 1 is 0.375 bits per heavy atom. The number of rotatable bonds is 6. The van der Waals surface area contributed by atoms with Gasteiger partial charge in [-0.05, 0) is 105 Å². The molecule has 0 N–H and O–H groups in total. The number of fused-ring (bicyclic) bond motifs is 4. The third-order valence-electron chi connectivity index (χ3n) is 9.18. The quantitative estimate of drug-likeness (QED) is 0.187. The average Bonchev–Trinajstić information content (AvgIpc) is 3.54. The van der Waals surface area contributed by atoms with Crippen LogP contribution in [0.15, 0.2) is 187 Å². The van der Waals surface area contributed by atoms with E-state index in [4.69, 9.17) is 4.42 Å². The van der Waals surface area contributed by atoms with Crippen LogP contribution in [0.2, 0.25) is 0 Å². The van der Waals surface area contributed by atoms with E-state index in [0.29, 0.717) is 0 Å². The SMILES string of the molecule is c1ccc(-c2ccc(N(c3ccc(-c4ccc5ccccc5c4)cc3)c3ccc(-c4ccc5c(c4)oc4cnccc45)cc3)cc2)cc1. The largest absolute Gasteiger partial charge is 0.454 e. The Morgan fingerprint density at radius 2 is 0.875 bits per heavy atom. The van der Waals surface area contributed by atoms with Gasteiger partial charge in [0, 0.05) is 34.0 Å². The second-order valence-corrected chi connectivity index (χ2v) is 12.1. The van der Waals surface area contributed by atoms with Crippen molar-refractivity contribution in [3.8, 4) is 33.4 Å². The minimum Gasteiger partial charge on any atom is -0.454 e. The van der Waals surface area contributed by atoms with Gasteiger partial charge in [0.15, 0.2) is 5.58 Å². The van der Waals surface area contributed by atoms with Crippen molar-refractivity contribution < 1.29 is 4.42 Å². The second-order valence-electron chi connectivity index (χ2n) is 12.1. The predicted molar refractivity (Wildman–Crippen MR) is 200 cm³/mol. The van der Waals surface area contributed by atoms with E-state index in [1.807, 2.05) is 12.3 Å². The topological polar surface area (TPSA) is 29.3 Å². The van der Waals surface area contributed by atoms with Crippen molar-refractivity contribution in [3.63, 3.8) is 0 Å². The molecule has 9 rings (SSSR count). The lowest BCUT2D eigenvalue weighted by Crippen LogP contribution is -2.09. The molecule has 0 radical (unpaired) electrons. The molecule has 3 nitrogen and oxygen atoms in total. The number of furan rings is 1. The highest BCUT2D eigenvalue weighted by atomic mass is 16.3. The molecule has 0 saturated carbocycles. The van der Waals surface area contributed by atoms with Crippen molar-refractivity contribution in [3.05, 3.63) is 182 Å². The molecule has 0 atom stereocenters. The summed E-state index contributed by atoms with van der Waals surface area (Å²) in [5.41, 5.74) is 12.0. The Bertz CT molecular complexity index is 2530. The Kier molecular flexibility index (Phi) is 6.80. The summed E-state index contributed by atoms with van der Waals surface area (Å²) in [5.74, 6) is 0. The fraction of sp³-hybridized carbons (Fsp3) is 0. The first-order chi connectivity index (χ1) is 23.8. The van der Waals surface area contributed by atoms with E-state index in [9.17, 15) is 0 Å². The fourth-order valence-corrected chi connectivity index (χ4v) is 6.67. The van der Waals surface area contributed by atoms with Gasteiger partial charge < -0.3 is 9.32 Å². The van der Waals surface area contributed by atoms with Crippen LogP contribution < -0.4 is 4.90 Å². The molecule has 2 heterocycles. The van der Waals surface area contributed by atoms with Crippen LogP contribution in [0.4, 0.5) is 17.1 Å². The molecular formula is C45H30N2O. The number of pyridine rings is 1. The van der Waals surface area contributed by atoms with Crippen molar-refractivity contribution in [2.24, 2.45) is 0 Å². The number of benzene rings is 7. The summed E-state index contributed by atoms with van der Waals surface area (Å²) in [6.45, 7) is 0. The molecule has 2 aromatic heterocycles. The average molecular weight is 615 g/mol. The minimum absolute atomic E-state index is 0.806. The molecular weight excluding hydrogens is 585 g/mol. The van der Waals surface area contributed by atoms with E-state index in [-0.39, 0.29) is 0 Å². The van der Waals surface area contributed by atoms with E-state index in [0.717, 1.165) is 50.1 Å². The lowest BCUT2D eigenvalue weighted by atomic mass is 10.0. The molecule has 0 aliphatic heterocycles. The Hall–Kier alpha value is -6.45. The molecule has 9 aromatic rings. The Balaban J connectivity index is 1.08. The number of anilines is 3. The van der Waals surface area contributed by atoms with E-state index in [1.165, 1.54) is 33.0 Å². The first kappa shape index (κ1) is 27.8. The fourth-order valence-electron chi connectivity index (χ4n) is 6.67. The van der Waals surface area contributed by atoms with Crippen LogP contribution in [-0.2, 0) is 0 Å². The van der Waals surface area contributed by atoms with Crippen molar-refractivity contribution >= 4 is 49.8 Å². The highest BCUT2D eigenvalue weighted by Crippen LogP contribution is 2.38. The smallest absolute Gasteiger partial charge is 0.153 e. The van der Waals surface area contributed by atoms with Crippen LogP contribution in [0.5, 0.6) is 0 Å². The zero-order valence-corrected chi connectivity index (χ0v) is 26.1. The Labute approximate surface area is 279 Å². The molecule has 0 aliphatic rings. The van der Waals surface area contributed by atoms with Gasteiger partial charge in [-0.15, -0.1) is 0 Å². The molecule has 48 heavy (non-hydrogen) atoms. The summed E-state index contributed by atoms with van der Waals surface area (Å²) in [4.78, 5) is 6.54. The highest BCUT2D eigenvalue weighted by Gasteiger charge is 2.15. The molecule has 226 valence electrons. The summed E-state index contributed by atoms with van der Waals surface area (Å²) >= 11 is 0. The maximum absolute atomic E-state index is 6.13. The molecule has 0 bridgehead atoms. The molecule has 0 aliphatic carbocycles. The summed E-state index contributed by atoms with van der Waals surface area (Å²) in [6, 6.07) is 60.6. The van der Waals surface area contributed by atoms with E-state index in [2.05, 4.69) is 174 Å². The number of nitrogens with zero attached hydrogens (tertiary/aromatic N) is 2. The second kappa shape index (κ2) is 11.7. The molecule has 0 unspecified atom stereocenters. The summed E-state index contributed by atoms with van der Waals surface area (Å²) < 4.78 is 6.13. The summed E-state index contributed by atoms with van der Waals surface area (Å²) in [6.07, 6.45) is 3.58. The monoisotopic (exact) mass is 614 g/mol. The normalized spacial score (nSPS) is 11.3. The molecule has 0 amide bonds. The molecule has 0 spiro atoms. The van der Waals surface area contributed by atoms with E-state index in [1.54, 1.807) is 6.20 Å². The summed E-state index contributed by atoms with van der Waals surface area (Å²) in [7, 11) is 0. The van der Waals surface area contributed by atoms with E-state index >= 15 is 0 Å². The van der Waals surface area contributed by atoms with Gasteiger partial charge >= 0.3 is 0 Å². The Morgan fingerprint density at radius 3 is 1.54 bits per heavy atom. The number of aromatic nitrogens is 1. The number of hydrogen-bond donors (Lipinski definition) is 0. The lowest BCUT2D eigenvalue weighted by Gasteiger charge is -2.26. The van der Waals surface area contributed by atoms with Gasteiger partial charge in [0.05, 0.1) is 6.20 Å². The molecule has 0 fully saturated rings. The van der Waals surface area contributed by atoms with Crippen LogP contribution in [0.1, 0.15) is 0 Å². The van der Waals surface area contributed by atoms with Crippen molar-refractivity contribution in [2.45, 2.75) is 0 Å². The lowest BCUT2D eigenvalue weighted by molar-refractivity contribution is 0.667. The van der Waals surface area contributed by atoms with Crippen LogP contribution in [0.25, 0.3) is 66.1 Å². The molecule has 0 saturated heterocycles. The summed E-state index contributed by atoms with van der Waals surface area (Å²) in [5, 5.41) is 4.68. The van der Waals surface area contributed by atoms with Gasteiger partial charge in [0.1, 0.15) is 5.58 Å². The van der Waals surface area contributed by atoms with Gasteiger partial charge in [-0.3, -0.25) is 4.98 Å². The van der Waals surface area contributed by atoms with Crippen LogP contribution >= 0.6 is 0 Å². The maximum Gasteiger partial charge on any atom is 0.153 e.